The van der Waals surface area contributed by atoms with Gasteiger partial charge in [-0.3, -0.25) is 9.69 Å². The van der Waals surface area contributed by atoms with Crippen LogP contribution in [0.25, 0.3) is 11.0 Å². The Hall–Kier alpha value is -2.50. The molecule has 30 heavy (non-hydrogen) atoms. The first kappa shape index (κ1) is 20.8. The van der Waals surface area contributed by atoms with E-state index in [9.17, 15) is 4.79 Å². The molecule has 1 unspecified atom stereocenters. The Morgan fingerprint density at radius 2 is 1.90 bits per heavy atom. The lowest BCUT2D eigenvalue weighted by Gasteiger charge is -2.28. The SMILES string of the molecule is COc1ccc(C(CNC(=O)c2oc3cc(C)c(Cl)cc3c2C)N2CCCC2)cc1. The third-order valence-electron chi connectivity index (χ3n) is 5.96. The van der Waals surface area contributed by atoms with Crippen molar-refractivity contribution in [2.45, 2.75) is 32.7 Å². The van der Waals surface area contributed by atoms with Crippen molar-refractivity contribution in [3.8, 4) is 5.75 Å². The Morgan fingerprint density at radius 1 is 1.20 bits per heavy atom. The van der Waals surface area contributed by atoms with E-state index >= 15 is 0 Å². The fourth-order valence-corrected chi connectivity index (χ4v) is 4.33. The fourth-order valence-electron chi connectivity index (χ4n) is 4.16. The van der Waals surface area contributed by atoms with Gasteiger partial charge in [0, 0.05) is 22.5 Å². The van der Waals surface area contributed by atoms with Crippen molar-refractivity contribution in [1.29, 1.82) is 0 Å². The molecule has 0 radical (unpaired) electrons. The number of nitrogens with one attached hydrogen (secondary N) is 1. The molecule has 2 heterocycles. The first-order valence-corrected chi connectivity index (χ1v) is 10.7. The number of halogens is 1. The van der Waals surface area contributed by atoms with E-state index in [0.717, 1.165) is 35.4 Å². The standard InChI is InChI=1S/C24H27ClN2O3/c1-15-12-22-19(13-20(15)25)16(2)23(30-22)24(28)26-14-21(27-10-4-5-11-27)17-6-8-18(29-3)9-7-17/h6-9,12-13,21H,4-5,10-11,14H2,1-3H3,(H,26,28). The summed E-state index contributed by atoms with van der Waals surface area (Å²) in [4.78, 5) is 15.4. The predicted octanol–water partition coefficient (Wildman–Crippen LogP) is 5.28. The molecule has 4 rings (SSSR count). The minimum Gasteiger partial charge on any atom is -0.497 e. The van der Waals surface area contributed by atoms with Crippen molar-refractivity contribution in [1.82, 2.24) is 10.2 Å². The van der Waals surface area contributed by atoms with Crippen LogP contribution in [0.15, 0.2) is 40.8 Å². The number of carbonyl (C=O) groups is 1. The Kier molecular flexibility index (Phi) is 6.02. The summed E-state index contributed by atoms with van der Waals surface area (Å²) >= 11 is 6.26. The summed E-state index contributed by atoms with van der Waals surface area (Å²) in [5.74, 6) is 0.978. The normalized spacial score (nSPS) is 15.5. The molecule has 6 heteroatoms. The first-order valence-electron chi connectivity index (χ1n) is 10.3. The van der Waals surface area contributed by atoms with Gasteiger partial charge in [-0.2, -0.15) is 0 Å². The molecular weight excluding hydrogens is 400 g/mol. The van der Waals surface area contributed by atoms with Crippen molar-refractivity contribution >= 4 is 28.5 Å². The van der Waals surface area contributed by atoms with Gasteiger partial charge in [0.2, 0.25) is 0 Å². The van der Waals surface area contributed by atoms with Crippen molar-refractivity contribution in [3.05, 3.63) is 63.9 Å². The zero-order chi connectivity index (χ0) is 21.3. The van der Waals surface area contributed by atoms with Gasteiger partial charge in [0.1, 0.15) is 11.3 Å². The molecule has 1 saturated heterocycles. The Labute approximate surface area is 181 Å². The Bertz CT molecular complexity index is 1050. The lowest BCUT2D eigenvalue weighted by atomic mass is 10.0. The smallest absolute Gasteiger partial charge is 0.287 e. The molecule has 3 aromatic rings. The number of aryl methyl sites for hydroxylation is 2. The van der Waals surface area contributed by atoms with Gasteiger partial charge in [0.15, 0.2) is 5.76 Å². The first-order chi connectivity index (χ1) is 14.5. The Morgan fingerprint density at radius 3 is 2.57 bits per heavy atom. The summed E-state index contributed by atoms with van der Waals surface area (Å²) < 4.78 is 11.2. The van der Waals surface area contributed by atoms with E-state index in [2.05, 4.69) is 22.3 Å². The number of hydrogen-bond acceptors (Lipinski definition) is 4. The van der Waals surface area contributed by atoms with Crippen LogP contribution in [0.2, 0.25) is 5.02 Å². The van der Waals surface area contributed by atoms with Crippen molar-refractivity contribution < 1.29 is 13.9 Å². The van der Waals surface area contributed by atoms with Gasteiger partial charge in [0.05, 0.1) is 13.2 Å². The molecular formula is C24H27ClN2O3. The van der Waals surface area contributed by atoms with Crippen LogP contribution in [0.5, 0.6) is 5.75 Å². The van der Waals surface area contributed by atoms with Gasteiger partial charge in [-0.05, 0) is 75.2 Å². The fraction of sp³-hybridized carbons (Fsp3) is 0.375. The highest BCUT2D eigenvalue weighted by molar-refractivity contribution is 6.32. The highest BCUT2D eigenvalue weighted by Gasteiger charge is 2.25. The van der Waals surface area contributed by atoms with Crippen molar-refractivity contribution in [2.75, 3.05) is 26.7 Å². The van der Waals surface area contributed by atoms with Crippen molar-refractivity contribution in [2.24, 2.45) is 0 Å². The molecule has 1 atom stereocenters. The summed E-state index contributed by atoms with van der Waals surface area (Å²) in [7, 11) is 1.66. The maximum Gasteiger partial charge on any atom is 0.287 e. The number of amides is 1. The van der Waals surface area contributed by atoms with Crippen LogP contribution in [0.4, 0.5) is 0 Å². The summed E-state index contributed by atoms with van der Waals surface area (Å²) in [5, 5.41) is 4.65. The number of carbonyl (C=O) groups excluding carboxylic acids is 1. The van der Waals surface area contributed by atoms with Crippen LogP contribution in [-0.2, 0) is 0 Å². The number of methoxy groups -OCH3 is 1. The maximum absolute atomic E-state index is 13.0. The molecule has 1 aromatic heterocycles. The number of furan rings is 1. The van der Waals surface area contributed by atoms with Gasteiger partial charge >= 0.3 is 0 Å². The molecule has 5 nitrogen and oxygen atoms in total. The second-order valence-electron chi connectivity index (χ2n) is 7.90. The van der Waals surface area contributed by atoms with E-state index in [1.807, 2.05) is 38.1 Å². The number of ether oxygens (including phenoxy) is 1. The third kappa shape index (κ3) is 4.05. The van der Waals surface area contributed by atoms with Crippen LogP contribution in [0.1, 0.15) is 46.1 Å². The van der Waals surface area contributed by atoms with Crippen LogP contribution in [0, 0.1) is 13.8 Å². The summed E-state index contributed by atoms with van der Waals surface area (Å²) in [5.41, 5.74) is 3.59. The monoisotopic (exact) mass is 426 g/mol. The Balaban J connectivity index is 1.55. The predicted molar refractivity (Wildman–Crippen MR) is 120 cm³/mol. The van der Waals surface area contributed by atoms with E-state index in [-0.39, 0.29) is 11.9 Å². The number of fused-ring (bicyclic) bond motifs is 1. The molecule has 158 valence electrons. The minimum absolute atomic E-state index is 0.115. The summed E-state index contributed by atoms with van der Waals surface area (Å²) in [6.07, 6.45) is 2.37. The third-order valence-corrected chi connectivity index (χ3v) is 6.37. The van der Waals surface area contributed by atoms with Gasteiger partial charge < -0.3 is 14.5 Å². The molecule has 0 aliphatic carbocycles. The zero-order valence-corrected chi connectivity index (χ0v) is 18.4. The number of rotatable bonds is 6. The molecule has 0 spiro atoms. The second kappa shape index (κ2) is 8.70. The minimum atomic E-state index is -0.199. The van der Waals surface area contributed by atoms with E-state index in [0.29, 0.717) is 22.9 Å². The number of likely N-dealkylation sites (tertiary alicyclic amines) is 1. The molecule has 0 bridgehead atoms. The average molecular weight is 427 g/mol. The van der Waals surface area contributed by atoms with Crippen LogP contribution in [0.3, 0.4) is 0 Å². The number of benzene rings is 2. The van der Waals surface area contributed by atoms with Crippen LogP contribution >= 0.6 is 11.6 Å². The molecule has 0 saturated carbocycles. The lowest BCUT2D eigenvalue weighted by molar-refractivity contribution is 0.0911. The molecule has 1 fully saturated rings. The highest BCUT2D eigenvalue weighted by atomic mass is 35.5. The summed E-state index contributed by atoms with van der Waals surface area (Å²) in [6, 6.07) is 11.9. The van der Waals surface area contributed by atoms with Crippen molar-refractivity contribution in [3.63, 3.8) is 0 Å². The maximum atomic E-state index is 13.0. The molecule has 1 aliphatic rings. The van der Waals surface area contributed by atoms with Gasteiger partial charge in [0.25, 0.3) is 5.91 Å². The summed E-state index contributed by atoms with van der Waals surface area (Å²) in [6.45, 7) is 6.41. The second-order valence-corrected chi connectivity index (χ2v) is 8.30. The molecule has 1 aliphatic heterocycles. The number of hydrogen-bond donors (Lipinski definition) is 1. The van der Waals surface area contributed by atoms with E-state index in [1.54, 1.807) is 7.11 Å². The van der Waals surface area contributed by atoms with Gasteiger partial charge in [-0.1, -0.05) is 23.7 Å². The lowest BCUT2D eigenvalue weighted by Crippen LogP contribution is -2.36. The van der Waals surface area contributed by atoms with Crippen LogP contribution in [-0.4, -0.2) is 37.6 Å². The van der Waals surface area contributed by atoms with E-state index in [4.69, 9.17) is 20.8 Å². The number of nitrogens with zero attached hydrogens (tertiary/aromatic N) is 1. The average Bonchev–Trinajstić information content (AvgIpc) is 3.38. The van der Waals surface area contributed by atoms with E-state index < -0.39 is 0 Å². The van der Waals surface area contributed by atoms with Crippen LogP contribution < -0.4 is 10.1 Å². The topological polar surface area (TPSA) is 54.7 Å². The molecule has 1 amide bonds. The largest absolute Gasteiger partial charge is 0.497 e. The van der Waals surface area contributed by atoms with E-state index in [1.165, 1.54) is 18.4 Å². The molecule has 1 N–H and O–H groups in total. The quantitative estimate of drug-likeness (QED) is 0.582. The van der Waals surface area contributed by atoms with Gasteiger partial charge in [-0.25, -0.2) is 0 Å². The zero-order valence-electron chi connectivity index (χ0n) is 17.6. The highest BCUT2D eigenvalue weighted by Crippen LogP contribution is 2.31. The molecule has 2 aromatic carbocycles. The van der Waals surface area contributed by atoms with Gasteiger partial charge in [-0.15, -0.1) is 0 Å².